The highest BCUT2D eigenvalue weighted by Crippen LogP contribution is 2.31. The molecule has 0 radical (unpaired) electrons. The maximum atomic E-state index is 12.3. The van der Waals surface area contributed by atoms with Crippen LogP contribution in [0.3, 0.4) is 0 Å². The highest BCUT2D eigenvalue weighted by molar-refractivity contribution is 6.01. The molecular formula is C34H31N7O9. The van der Waals surface area contributed by atoms with Crippen molar-refractivity contribution >= 4 is 23.2 Å². The number of hydrogen-bond acceptors (Lipinski definition) is 13. The van der Waals surface area contributed by atoms with Crippen molar-refractivity contribution in [1.82, 2.24) is 35.1 Å². The van der Waals surface area contributed by atoms with E-state index in [1.807, 2.05) is 55.5 Å². The molecule has 2 heterocycles. The fourth-order valence-corrected chi connectivity index (χ4v) is 5.29. The Kier molecular flexibility index (Phi) is 10.3. The maximum absolute atomic E-state index is 12.3. The molecule has 3 N–H and O–H groups in total. The third kappa shape index (κ3) is 7.74. The number of rotatable bonds is 14. The van der Waals surface area contributed by atoms with Crippen molar-refractivity contribution in [3.63, 3.8) is 0 Å². The number of nitrogens with zero attached hydrogens (tertiary/aromatic N) is 7. The predicted octanol–water partition coefficient (Wildman–Crippen LogP) is 5.32. The number of aromatic nitrogens is 6. The first-order chi connectivity index (χ1) is 24.3. The summed E-state index contributed by atoms with van der Waals surface area (Å²) in [5, 5.41) is 39.5. The number of fused-ring (bicyclic) bond motifs is 1. The summed E-state index contributed by atoms with van der Waals surface area (Å²) in [7, 11) is 0. The lowest BCUT2D eigenvalue weighted by Gasteiger charge is -2.12. The molecule has 0 spiro atoms. The summed E-state index contributed by atoms with van der Waals surface area (Å²) in [6.07, 6.45) is -0.970. The van der Waals surface area contributed by atoms with Crippen LogP contribution in [0.25, 0.3) is 33.5 Å². The number of carboxylic acid groups (broad SMARTS) is 1. The molecule has 0 fully saturated rings. The van der Waals surface area contributed by atoms with E-state index in [9.17, 15) is 14.7 Å². The van der Waals surface area contributed by atoms with Crippen LogP contribution in [0.1, 0.15) is 34.0 Å². The maximum Gasteiger partial charge on any atom is 0.510 e. The summed E-state index contributed by atoms with van der Waals surface area (Å²) in [6.45, 7) is 1.90. The second-order valence-corrected chi connectivity index (χ2v) is 10.7. The standard InChI is InChI=1S/C34H31N7O9/c1-2-47-33-35-29-13-7-12-28(32(42)43)30(29)39(33)18-22-14-16-23(17-15-22)26-10-5-6-11-27(26)31-36-38-40(37-31)21-49-34(44)48-19-24-8-3-4-9-25(24)20-50-41(45)46/h3-17,45-46H,2,18-21H2,1H3,(H,42,43). The molecular weight excluding hydrogens is 650 g/mol. The molecule has 0 unspecified atom stereocenters. The largest absolute Gasteiger partial charge is 0.510 e. The molecule has 6 aromatic rings. The van der Waals surface area contributed by atoms with Gasteiger partial charge < -0.3 is 19.3 Å². The van der Waals surface area contributed by atoms with Gasteiger partial charge in [-0.2, -0.15) is 4.98 Å². The Bertz CT molecular complexity index is 2110. The molecule has 0 saturated heterocycles. The van der Waals surface area contributed by atoms with E-state index in [2.05, 4.69) is 25.2 Å². The average molecular weight is 682 g/mol. The molecule has 0 bridgehead atoms. The number of carbonyl (C=O) groups excluding carboxylic acids is 1. The van der Waals surface area contributed by atoms with E-state index in [1.165, 1.54) is 0 Å². The number of para-hydroxylation sites is 1. The molecule has 0 aliphatic carbocycles. The van der Waals surface area contributed by atoms with Gasteiger partial charge in [0.25, 0.3) is 6.01 Å². The molecule has 16 heteroatoms. The minimum absolute atomic E-state index is 0.141. The molecule has 4 aromatic carbocycles. The Balaban J connectivity index is 1.13. The molecule has 256 valence electrons. The van der Waals surface area contributed by atoms with Crippen molar-refractivity contribution in [2.24, 2.45) is 0 Å². The molecule has 0 atom stereocenters. The van der Waals surface area contributed by atoms with Gasteiger partial charge in [0.2, 0.25) is 12.6 Å². The number of carbonyl (C=O) groups is 2. The molecule has 0 amide bonds. The summed E-state index contributed by atoms with van der Waals surface area (Å²) in [5.41, 5.74) is 5.62. The predicted molar refractivity (Wildman–Crippen MR) is 174 cm³/mol. The van der Waals surface area contributed by atoms with Crippen molar-refractivity contribution in [3.8, 4) is 28.5 Å². The molecule has 50 heavy (non-hydrogen) atoms. The van der Waals surface area contributed by atoms with E-state index >= 15 is 0 Å². The zero-order valence-electron chi connectivity index (χ0n) is 26.6. The number of benzene rings is 4. The lowest BCUT2D eigenvalue weighted by atomic mass is 9.98. The van der Waals surface area contributed by atoms with Gasteiger partial charge in [-0.15, -0.1) is 15.0 Å². The topological polar surface area (TPSA) is 196 Å². The van der Waals surface area contributed by atoms with Crippen LogP contribution >= 0.6 is 0 Å². The van der Waals surface area contributed by atoms with Crippen LogP contribution in [0.4, 0.5) is 4.79 Å². The lowest BCUT2D eigenvalue weighted by molar-refractivity contribution is -0.497. The van der Waals surface area contributed by atoms with Gasteiger partial charge in [0.05, 0.1) is 41.7 Å². The Labute approximate surface area is 284 Å². The van der Waals surface area contributed by atoms with E-state index in [0.717, 1.165) is 21.5 Å². The van der Waals surface area contributed by atoms with Crippen LogP contribution in [0.5, 0.6) is 6.01 Å². The van der Waals surface area contributed by atoms with Gasteiger partial charge in [-0.3, -0.25) is 15.0 Å². The second-order valence-electron chi connectivity index (χ2n) is 10.7. The van der Waals surface area contributed by atoms with Crippen molar-refractivity contribution in [2.45, 2.75) is 33.4 Å². The van der Waals surface area contributed by atoms with Gasteiger partial charge in [0, 0.05) is 5.56 Å². The Hall–Kier alpha value is -6.20. The Morgan fingerprint density at radius 1 is 0.840 bits per heavy atom. The number of hydrogen-bond donors (Lipinski definition) is 3. The van der Waals surface area contributed by atoms with Crippen LogP contribution in [-0.2, 0) is 40.8 Å². The van der Waals surface area contributed by atoms with Crippen molar-refractivity contribution in [3.05, 3.63) is 113 Å². The van der Waals surface area contributed by atoms with E-state index in [4.69, 9.17) is 24.6 Å². The van der Waals surface area contributed by atoms with Gasteiger partial charge in [-0.05, 0) is 52.1 Å². The van der Waals surface area contributed by atoms with E-state index < -0.39 is 17.5 Å². The highest BCUT2D eigenvalue weighted by atomic mass is 17.1. The van der Waals surface area contributed by atoms with Gasteiger partial charge in [0.15, 0.2) is 0 Å². The van der Waals surface area contributed by atoms with E-state index in [0.29, 0.717) is 52.7 Å². The minimum Gasteiger partial charge on any atom is -0.478 e. The first kappa shape index (κ1) is 33.7. The zero-order valence-corrected chi connectivity index (χ0v) is 26.6. The minimum atomic E-state index is -1.05. The summed E-state index contributed by atoms with van der Waals surface area (Å²) < 4.78 is 17.8. The average Bonchev–Trinajstić information content (AvgIpc) is 3.74. The van der Waals surface area contributed by atoms with E-state index in [1.54, 1.807) is 47.0 Å². The van der Waals surface area contributed by atoms with Crippen molar-refractivity contribution < 1.29 is 44.2 Å². The smallest absolute Gasteiger partial charge is 0.478 e. The quantitative estimate of drug-likeness (QED) is 0.0986. The zero-order chi connectivity index (χ0) is 35.0. The molecule has 0 saturated carbocycles. The monoisotopic (exact) mass is 681 g/mol. The lowest BCUT2D eigenvalue weighted by Crippen LogP contribution is -2.16. The summed E-state index contributed by atoms with van der Waals surface area (Å²) in [6, 6.07) is 27.4. The molecule has 6 rings (SSSR count). The normalized spacial score (nSPS) is 11.2. The summed E-state index contributed by atoms with van der Waals surface area (Å²) >= 11 is 0. The van der Waals surface area contributed by atoms with Crippen LogP contribution < -0.4 is 4.74 Å². The first-order valence-corrected chi connectivity index (χ1v) is 15.3. The van der Waals surface area contributed by atoms with Crippen LogP contribution in [-0.4, -0.2) is 69.4 Å². The molecule has 2 aromatic heterocycles. The third-order valence-corrected chi connectivity index (χ3v) is 7.56. The molecule has 16 nitrogen and oxygen atoms in total. The molecule has 0 aliphatic heterocycles. The highest BCUT2D eigenvalue weighted by Gasteiger charge is 2.19. The Morgan fingerprint density at radius 3 is 2.28 bits per heavy atom. The number of tetrazole rings is 1. The number of imidazole rings is 1. The summed E-state index contributed by atoms with van der Waals surface area (Å²) in [4.78, 5) is 34.5. The van der Waals surface area contributed by atoms with Gasteiger partial charge in [-0.25, -0.2) is 14.4 Å². The SMILES string of the molecule is CCOc1nc2cccc(C(=O)O)c2n1Cc1ccc(-c2ccccc2-c2nnn(COC(=O)OCc3ccccc3CON(O)O)n2)cc1. The Morgan fingerprint density at radius 2 is 1.56 bits per heavy atom. The first-order valence-electron chi connectivity index (χ1n) is 15.3. The third-order valence-electron chi connectivity index (χ3n) is 7.56. The number of aromatic carboxylic acids is 1. The van der Waals surface area contributed by atoms with Gasteiger partial charge >= 0.3 is 12.1 Å². The number of carboxylic acids is 1. The van der Waals surface area contributed by atoms with Crippen molar-refractivity contribution in [2.75, 3.05) is 6.61 Å². The fraction of sp³-hybridized carbons (Fsp3) is 0.176. The fourth-order valence-electron chi connectivity index (χ4n) is 5.29. The van der Waals surface area contributed by atoms with Crippen LogP contribution in [0.15, 0.2) is 91.0 Å². The van der Waals surface area contributed by atoms with Crippen LogP contribution in [0.2, 0.25) is 0 Å². The second kappa shape index (κ2) is 15.3. The van der Waals surface area contributed by atoms with Gasteiger partial charge in [-0.1, -0.05) is 78.9 Å². The molecule has 0 aliphatic rings. The van der Waals surface area contributed by atoms with E-state index in [-0.39, 0.29) is 25.5 Å². The van der Waals surface area contributed by atoms with Gasteiger partial charge in [0.1, 0.15) is 6.61 Å². The van der Waals surface area contributed by atoms with Crippen LogP contribution in [0, 0.1) is 0 Å². The summed E-state index contributed by atoms with van der Waals surface area (Å²) in [5.74, 6) is -0.737. The number of ether oxygens (including phenoxy) is 3. The van der Waals surface area contributed by atoms with Crippen molar-refractivity contribution in [1.29, 1.82) is 0 Å².